The minimum Gasteiger partial charge on any atom is -0.307 e. The SMILES string of the molecule is O=C(Nc1ccc(Cl)c(Cl)c1)N(Cc1ccccc1)c1ccccc1. The molecule has 0 aliphatic rings. The molecule has 0 radical (unpaired) electrons. The lowest BCUT2D eigenvalue weighted by atomic mass is 10.2. The molecule has 0 heterocycles. The van der Waals surface area contributed by atoms with Gasteiger partial charge in [0.25, 0.3) is 0 Å². The Hall–Kier alpha value is -2.49. The van der Waals surface area contributed by atoms with Gasteiger partial charge in [-0.25, -0.2) is 4.79 Å². The van der Waals surface area contributed by atoms with Crippen LogP contribution in [0.5, 0.6) is 0 Å². The summed E-state index contributed by atoms with van der Waals surface area (Å²) in [7, 11) is 0. The summed E-state index contributed by atoms with van der Waals surface area (Å²) in [5.74, 6) is 0. The van der Waals surface area contributed by atoms with E-state index in [-0.39, 0.29) is 6.03 Å². The smallest absolute Gasteiger partial charge is 0.307 e. The number of rotatable bonds is 4. The maximum absolute atomic E-state index is 12.9. The highest BCUT2D eigenvalue weighted by atomic mass is 35.5. The van der Waals surface area contributed by atoms with Crippen LogP contribution in [-0.2, 0) is 6.54 Å². The topological polar surface area (TPSA) is 32.3 Å². The fourth-order valence-electron chi connectivity index (χ4n) is 2.42. The van der Waals surface area contributed by atoms with Crippen LogP contribution in [0.3, 0.4) is 0 Å². The molecule has 3 nitrogen and oxygen atoms in total. The highest BCUT2D eigenvalue weighted by Gasteiger charge is 2.16. The van der Waals surface area contributed by atoms with Crippen LogP contribution in [0.15, 0.2) is 78.9 Å². The summed E-state index contributed by atoms with van der Waals surface area (Å²) in [6.07, 6.45) is 0. The lowest BCUT2D eigenvalue weighted by Crippen LogP contribution is -2.34. The van der Waals surface area contributed by atoms with E-state index in [4.69, 9.17) is 23.2 Å². The van der Waals surface area contributed by atoms with Gasteiger partial charge in [-0.1, -0.05) is 71.7 Å². The summed E-state index contributed by atoms with van der Waals surface area (Å²) in [6.45, 7) is 0.456. The number of carbonyl (C=O) groups excluding carboxylic acids is 1. The van der Waals surface area contributed by atoms with Crippen molar-refractivity contribution in [2.75, 3.05) is 10.2 Å². The summed E-state index contributed by atoms with van der Waals surface area (Å²) in [5.41, 5.74) is 2.44. The monoisotopic (exact) mass is 370 g/mol. The van der Waals surface area contributed by atoms with E-state index in [9.17, 15) is 4.79 Å². The van der Waals surface area contributed by atoms with E-state index in [2.05, 4.69) is 5.32 Å². The molecule has 0 aliphatic carbocycles. The van der Waals surface area contributed by atoms with Crippen molar-refractivity contribution in [2.45, 2.75) is 6.54 Å². The fourth-order valence-corrected chi connectivity index (χ4v) is 2.72. The number of nitrogens with one attached hydrogen (secondary N) is 1. The number of hydrogen-bond acceptors (Lipinski definition) is 1. The summed E-state index contributed by atoms with van der Waals surface area (Å²) in [4.78, 5) is 14.5. The molecular weight excluding hydrogens is 355 g/mol. The van der Waals surface area contributed by atoms with E-state index >= 15 is 0 Å². The Labute approximate surface area is 156 Å². The van der Waals surface area contributed by atoms with Crippen LogP contribution in [0.4, 0.5) is 16.2 Å². The van der Waals surface area contributed by atoms with Crippen molar-refractivity contribution in [1.82, 2.24) is 0 Å². The summed E-state index contributed by atoms with van der Waals surface area (Å²) < 4.78 is 0. The maximum atomic E-state index is 12.9. The molecule has 0 saturated heterocycles. The molecule has 0 atom stereocenters. The van der Waals surface area contributed by atoms with Gasteiger partial charge in [0.1, 0.15) is 0 Å². The van der Waals surface area contributed by atoms with Crippen molar-refractivity contribution in [1.29, 1.82) is 0 Å². The molecule has 0 aliphatic heterocycles. The third-order valence-corrected chi connectivity index (χ3v) is 4.41. The summed E-state index contributed by atoms with van der Waals surface area (Å²) in [5, 5.41) is 3.72. The molecule has 126 valence electrons. The van der Waals surface area contributed by atoms with Gasteiger partial charge in [0.15, 0.2) is 0 Å². The number of hydrogen-bond donors (Lipinski definition) is 1. The second-order valence-electron chi connectivity index (χ2n) is 5.47. The Morgan fingerprint density at radius 1 is 0.840 bits per heavy atom. The average molecular weight is 371 g/mol. The third kappa shape index (κ3) is 4.53. The van der Waals surface area contributed by atoms with Gasteiger partial charge in [-0.3, -0.25) is 4.90 Å². The zero-order valence-corrected chi connectivity index (χ0v) is 14.8. The average Bonchev–Trinajstić information content (AvgIpc) is 2.64. The Kier molecular flexibility index (Phi) is 5.59. The van der Waals surface area contributed by atoms with Crippen LogP contribution in [0.1, 0.15) is 5.56 Å². The molecule has 2 amide bonds. The predicted molar refractivity (Wildman–Crippen MR) is 105 cm³/mol. The number of anilines is 2. The van der Waals surface area contributed by atoms with E-state index < -0.39 is 0 Å². The second-order valence-corrected chi connectivity index (χ2v) is 6.28. The molecule has 3 aromatic carbocycles. The van der Waals surface area contributed by atoms with Crippen LogP contribution >= 0.6 is 23.2 Å². The number of carbonyl (C=O) groups is 1. The van der Waals surface area contributed by atoms with Crippen LogP contribution in [0.2, 0.25) is 10.0 Å². The van der Waals surface area contributed by atoms with Crippen molar-refractivity contribution < 1.29 is 4.79 Å². The quantitative estimate of drug-likeness (QED) is 0.579. The van der Waals surface area contributed by atoms with Gasteiger partial charge >= 0.3 is 6.03 Å². The van der Waals surface area contributed by atoms with Crippen LogP contribution in [0, 0.1) is 0 Å². The number of amides is 2. The second kappa shape index (κ2) is 8.06. The molecule has 5 heteroatoms. The highest BCUT2D eigenvalue weighted by Crippen LogP contribution is 2.26. The molecular formula is C20H16Cl2N2O. The normalized spacial score (nSPS) is 10.3. The van der Waals surface area contributed by atoms with Gasteiger partial charge in [-0.05, 0) is 35.9 Å². The first-order valence-electron chi connectivity index (χ1n) is 7.76. The highest BCUT2D eigenvalue weighted by molar-refractivity contribution is 6.42. The Morgan fingerprint density at radius 2 is 1.48 bits per heavy atom. The number of halogens is 2. The van der Waals surface area contributed by atoms with Crippen molar-refractivity contribution in [3.8, 4) is 0 Å². The lowest BCUT2D eigenvalue weighted by Gasteiger charge is -2.23. The van der Waals surface area contributed by atoms with Crippen molar-refractivity contribution in [3.63, 3.8) is 0 Å². The van der Waals surface area contributed by atoms with Crippen molar-refractivity contribution in [2.24, 2.45) is 0 Å². The molecule has 0 unspecified atom stereocenters. The van der Waals surface area contributed by atoms with E-state index in [1.165, 1.54) is 0 Å². The number of benzene rings is 3. The molecule has 3 aromatic rings. The van der Waals surface area contributed by atoms with Gasteiger partial charge in [0.2, 0.25) is 0 Å². The summed E-state index contributed by atoms with van der Waals surface area (Å²) >= 11 is 12.0. The third-order valence-electron chi connectivity index (χ3n) is 3.67. The fraction of sp³-hybridized carbons (Fsp3) is 0.0500. The van der Waals surface area contributed by atoms with Crippen LogP contribution < -0.4 is 10.2 Å². The number of para-hydroxylation sites is 1. The minimum absolute atomic E-state index is 0.242. The molecule has 1 N–H and O–H groups in total. The van der Waals surface area contributed by atoms with Crippen molar-refractivity contribution >= 4 is 40.6 Å². The first-order chi connectivity index (χ1) is 12.1. The van der Waals surface area contributed by atoms with Gasteiger partial charge in [0.05, 0.1) is 16.6 Å². The molecule has 0 bridgehead atoms. The van der Waals surface area contributed by atoms with Crippen molar-refractivity contribution in [3.05, 3.63) is 94.5 Å². The van der Waals surface area contributed by atoms with Gasteiger partial charge in [-0.2, -0.15) is 0 Å². The predicted octanol–water partition coefficient (Wildman–Crippen LogP) is 6.23. The van der Waals surface area contributed by atoms with E-state index in [1.54, 1.807) is 23.1 Å². The standard InChI is InChI=1S/C20H16Cl2N2O/c21-18-12-11-16(13-19(18)22)23-20(25)24(17-9-5-2-6-10-17)14-15-7-3-1-4-8-15/h1-13H,14H2,(H,23,25). The number of urea groups is 1. The van der Waals surface area contributed by atoms with Gasteiger partial charge in [0, 0.05) is 11.4 Å². The minimum atomic E-state index is -0.242. The van der Waals surface area contributed by atoms with Gasteiger partial charge in [-0.15, -0.1) is 0 Å². The molecule has 25 heavy (non-hydrogen) atoms. The Bertz CT molecular complexity index is 854. The summed E-state index contributed by atoms with van der Waals surface area (Å²) in [6, 6.07) is 24.1. The largest absolute Gasteiger partial charge is 0.326 e. The van der Waals surface area contributed by atoms with Crippen LogP contribution in [0.25, 0.3) is 0 Å². The molecule has 3 rings (SSSR count). The number of nitrogens with zero attached hydrogens (tertiary/aromatic N) is 1. The molecule has 0 spiro atoms. The van der Waals surface area contributed by atoms with E-state index in [0.717, 1.165) is 11.3 Å². The first-order valence-corrected chi connectivity index (χ1v) is 8.51. The lowest BCUT2D eigenvalue weighted by molar-refractivity contribution is 0.256. The van der Waals surface area contributed by atoms with Crippen LogP contribution in [-0.4, -0.2) is 6.03 Å². The molecule has 0 aromatic heterocycles. The maximum Gasteiger partial charge on any atom is 0.326 e. The Balaban J connectivity index is 1.85. The molecule has 0 saturated carbocycles. The van der Waals surface area contributed by atoms with Gasteiger partial charge < -0.3 is 5.32 Å². The Morgan fingerprint density at radius 3 is 2.12 bits per heavy atom. The molecule has 0 fully saturated rings. The zero-order chi connectivity index (χ0) is 17.6. The first kappa shape index (κ1) is 17.3. The van der Waals surface area contributed by atoms with E-state index in [0.29, 0.717) is 22.3 Å². The van der Waals surface area contributed by atoms with E-state index in [1.807, 2.05) is 60.7 Å². The zero-order valence-electron chi connectivity index (χ0n) is 13.3.